The average molecular weight is 444 g/mol. The maximum absolute atomic E-state index is 6.49. The molecule has 1 aliphatic heterocycles. The van der Waals surface area contributed by atoms with E-state index in [9.17, 15) is 0 Å². The van der Waals surface area contributed by atoms with E-state index in [1.165, 1.54) is 0 Å². The Bertz CT molecular complexity index is 707. The second kappa shape index (κ2) is 6.09. The van der Waals surface area contributed by atoms with E-state index in [1.807, 2.05) is 6.20 Å². The van der Waals surface area contributed by atoms with E-state index in [0.717, 1.165) is 14.6 Å². The third-order valence-electron chi connectivity index (χ3n) is 4.23. The Kier molecular flexibility index (Phi) is 4.58. The molecule has 1 fully saturated rings. The molecule has 23 heavy (non-hydrogen) atoms. The lowest BCUT2D eigenvalue weighted by Crippen LogP contribution is -2.64. The average Bonchev–Trinajstić information content (AvgIpc) is 2.74. The number of ether oxygens (including phenoxy) is 1. The molecule has 0 bridgehead atoms. The first-order valence-electron chi connectivity index (χ1n) is 7.77. The molecule has 0 aromatic carbocycles. The summed E-state index contributed by atoms with van der Waals surface area (Å²) in [4.78, 5) is 8.71. The molecular weight excluding hydrogens is 421 g/mol. The smallest absolute Gasteiger partial charge is 0.205 e. The number of hydrogen-bond donors (Lipinski definition) is 0. The lowest BCUT2D eigenvalue weighted by atomic mass is 9.75. The predicted octanol–water partition coefficient (Wildman–Crippen LogP) is 3.44. The molecule has 2 aromatic heterocycles. The third-order valence-corrected chi connectivity index (χ3v) is 5.80. The van der Waals surface area contributed by atoms with Gasteiger partial charge in [-0.25, -0.2) is 9.97 Å². The minimum absolute atomic E-state index is 0.0147. The Labute approximate surface area is 152 Å². The highest BCUT2D eigenvalue weighted by Gasteiger charge is 2.53. The zero-order valence-electron chi connectivity index (χ0n) is 14.3. The van der Waals surface area contributed by atoms with Gasteiger partial charge in [0.2, 0.25) is 9.04 Å². The van der Waals surface area contributed by atoms with Crippen LogP contribution >= 0.6 is 22.6 Å². The van der Waals surface area contributed by atoms with Crippen molar-refractivity contribution in [1.29, 1.82) is 0 Å². The molecule has 1 aliphatic rings. The lowest BCUT2D eigenvalue weighted by Gasteiger charge is -2.53. The number of fused-ring (bicyclic) bond motifs is 1. The molecule has 3 rings (SSSR count). The fourth-order valence-corrected chi connectivity index (χ4v) is 5.03. The van der Waals surface area contributed by atoms with Gasteiger partial charge in [-0.2, -0.15) is 0 Å². The normalized spacial score (nSPS) is 19.1. The zero-order valence-corrected chi connectivity index (χ0v) is 17.4. The first kappa shape index (κ1) is 17.3. The van der Waals surface area contributed by atoms with Gasteiger partial charge in [-0.15, -0.1) is 0 Å². The Morgan fingerprint density at radius 2 is 2.09 bits per heavy atom. The highest BCUT2D eigenvalue weighted by atomic mass is 127. The van der Waals surface area contributed by atoms with Gasteiger partial charge in [0.25, 0.3) is 0 Å². The quantitative estimate of drug-likeness (QED) is 0.536. The van der Waals surface area contributed by atoms with E-state index in [4.69, 9.17) is 9.16 Å². The third kappa shape index (κ3) is 2.96. The van der Waals surface area contributed by atoms with Crippen molar-refractivity contribution in [2.75, 3.05) is 13.2 Å². The number of aromatic nitrogens is 3. The largest absolute Gasteiger partial charge is 0.411 e. The minimum Gasteiger partial charge on any atom is -0.411 e. The van der Waals surface area contributed by atoms with Crippen LogP contribution in [0.5, 0.6) is 0 Å². The summed E-state index contributed by atoms with van der Waals surface area (Å²) in [5.74, 6) is 0. The molecule has 125 valence electrons. The van der Waals surface area contributed by atoms with Gasteiger partial charge in [0, 0.05) is 16.0 Å². The Hall–Kier alpha value is -0.513. The predicted molar refractivity (Wildman–Crippen MR) is 101 cm³/mol. The molecule has 0 N–H and O–H groups in total. The summed E-state index contributed by atoms with van der Waals surface area (Å²) in [5, 5.41) is 1.09. The van der Waals surface area contributed by atoms with Gasteiger partial charge in [-0.3, -0.25) is 0 Å². The SMILES string of the molecule is C[Si](C)OC(C(C)(C)C)C1(n2cc(I)c3cncnc32)COC1. The maximum atomic E-state index is 6.49. The second-order valence-corrected chi connectivity index (χ2v) is 10.7. The molecule has 7 heteroatoms. The molecular formula is C16H23IN3O2Si. The topological polar surface area (TPSA) is 49.2 Å². The van der Waals surface area contributed by atoms with Crippen molar-refractivity contribution in [2.24, 2.45) is 5.41 Å². The molecule has 1 unspecified atom stereocenters. The van der Waals surface area contributed by atoms with Crippen LogP contribution in [0.25, 0.3) is 11.0 Å². The Balaban J connectivity index is 2.15. The van der Waals surface area contributed by atoms with Gasteiger partial charge in [0.15, 0.2) is 0 Å². The zero-order chi connectivity index (χ0) is 16.8. The summed E-state index contributed by atoms with van der Waals surface area (Å²) in [5.41, 5.74) is 0.781. The maximum Gasteiger partial charge on any atom is 0.205 e. The van der Waals surface area contributed by atoms with Crippen molar-refractivity contribution in [3.63, 3.8) is 0 Å². The van der Waals surface area contributed by atoms with Gasteiger partial charge in [0.05, 0.1) is 24.7 Å². The summed E-state index contributed by atoms with van der Waals surface area (Å²) in [6.07, 6.45) is 5.75. The fraction of sp³-hybridized carbons (Fsp3) is 0.625. The van der Waals surface area contributed by atoms with E-state index in [2.05, 4.69) is 77.2 Å². The van der Waals surface area contributed by atoms with E-state index < -0.39 is 9.04 Å². The van der Waals surface area contributed by atoms with Crippen LogP contribution in [0.2, 0.25) is 13.1 Å². The van der Waals surface area contributed by atoms with E-state index in [0.29, 0.717) is 13.2 Å². The number of halogens is 1. The van der Waals surface area contributed by atoms with Crippen molar-refractivity contribution in [2.45, 2.75) is 45.5 Å². The number of nitrogens with zero attached hydrogens (tertiary/aromatic N) is 3. The van der Waals surface area contributed by atoms with E-state index >= 15 is 0 Å². The van der Waals surface area contributed by atoms with Crippen LogP contribution in [0.4, 0.5) is 0 Å². The summed E-state index contributed by atoms with van der Waals surface area (Å²) < 4.78 is 15.6. The summed E-state index contributed by atoms with van der Waals surface area (Å²) in [7, 11) is -0.830. The van der Waals surface area contributed by atoms with Crippen LogP contribution in [-0.4, -0.2) is 42.9 Å². The van der Waals surface area contributed by atoms with Crippen LogP contribution < -0.4 is 0 Å². The van der Waals surface area contributed by atoms with Crippen molar-refractivity contribution in [1.82, 2.24) is 14.5 Å². The molecule has 5 nitrogen and oxygen atoms in total. The molecule has 0 amide bonds. The van der Waals surface area contributed by atoms with Gasteiger partial charge >= 0.3 is 0 Å². The molecule has 1 atom stereocenters. The molecule has 0 aliphatic carbocycles. The molecule has 0 spiro atoms. The lowest BCUT2D eigenvalue weighted by molar-refractivity contribution is -0.175. The van der Waals surface area contributed by atoms with E-state index in [1.54, 1.807) is 6.33 Å². The molecule has 2 aromatic rings. The highest BCUT2D eigenvalue weighted by molar-refractivity contribution is 14.1. The van der Waals surface area contributed by atoms with Crippen molar-refractivity contribution >= 4 is 42.7 Å². The first-order valence-corrected chi connectivity index (χ1v) is 11.3. The molecule has 0 saturated carbocycles. The van der Waals surface area contributed by atoms with Gasteiger partial charge < -0.3 is 13.7 Å². The molecule has 1 radical (unpaired) electrons. The number of rotatable bonds is 4. The van der Waals surface area contributed by atoms with Crippen LogP contribution in [-0.2, 0) is 14.7 Å². The minimum atomic E-state index is -0.830. The number of hydrogen-bond acceptors (Lipinski definition) is 4. The van der Waals surface area contributed by atoms with Crippen LogP contribution in [0.1, 0.15) is 20.8 Å². The van der Waals surface area contributed by atoms with E-state index in [-0.39, 0.29) is 17.1 Å². The van der Waals surface area contributed by atoms with Gasteiger partial charge in [-0.1, -0.05) is 20.8 Å². The summed E-state index contributed by atoms with van der Waals surface area (Å²) in [6, 6.07) is 0. The van der Waals surface area contributed by atoms with Crippen molar-refractivity contribution < 1.29 is 9.16 Å². The Morgan fingerprint density at radius 3 is 2.61 bits per heavy atom. The molecule has 3 heterocycles. The standard InChI is InChI=1S/C16H23IN3O2Si/c1-15(2,3)14(22-23(4)5)16(8-21-9-16)20-7-12(17)11-6-18-10-19-13(11)20/h6-7,10,14H,8-9H2,1-5H3. The summed E-state index contributed by atoms with van der Waals surface area (Å²) >= 11 is 2.35. The second-order valence-electron chi connectivity index (χ2n) is 7.48. The monoisotopic (exact) mass is 444 g/mol. The highest BCUT2D eigenvalue weighted by Crippen LogP contribution is 2.43. The van der Waals surface area contributed by atoms with Crippen LogP contribution in [0.15, 0.2) is 18.7 Å². The van der Waals surface area contributed by atoms with Crippen molar-refractivity contribution in [3.05, 3.63) is 22.3 Å². The van der Waals surface area contributed by atoms with Gasteiger partial charge in [0.1, 0.15) is 17.5 Å². The van der Waals surface area contributed by atoms with Crippen LogP contribution in [0, 0.1) is 8.99 Å². The van der Waals surface area contributed by atoms with Crippen molar-refractivity contribution in [3.8, 4) is 0 Å². The molecule has 1 saturated heterocycles. The fourth-order valence-electron chi connectivity index (χ4n) is 3.32. The van der Waals surface area contributed by atoms with Gasteiger partial charge in [-0.05, 0) is 41.1 Å². The van der Waals surface area contributed by atoms with Crippen LogP contribution in [0.3, 0.4) is 0 Å². The summed E-state index contributed by atoms with van der Waals surface area (Å²) in [6.45, 7) is 12.4. The Morgan fingerprint density at radius 1 is 1.39 bits per heavy atom. The first-order chi connectivity index (χ1) is 10.8.